The van der Waals surface area contributed by atoms with Gasteiger partial charge in [0.1, 0.15) is 0 Å². The molecule has 0 atom stereocenters. The van der Waals surface area contributed by atoms with Gasteiger partial charge in [-0.3, -0.25) is 4.90 Å². The zero-order valence-corrected chi connectivity index (χ0v) is 17.1. The van der Waals surface area contributed by atoms with Gasteiger partial charge in [-0.15, -0.1) is 0 Å². The Labute approximate surface area is 175 Å². The number of piperazine rings is 1. The minimum absolute atomic E-state index is 0.157. The number of benzene rings is 1. The van der Waals surface area contributed by atoms with Crippen LogP contribution < -0.4 is 5.32 Å². The normalized spacial score (nSPS) is 15.0. The van der Waals surface area contributed by atoms with Gasteiger partial charge in [0, 0.05) is 42.8 Å². The number of thiophene rings is 1. The molecule has 3 heterocycles. The van der Waals surface area contributed by atoms with E-state index in [1.807, 2.05) is 16.8 Å². The summed E-state index contributed by atoms with van der Waals surface area (Å²) in [6, 6.07) is 6.83. The van der Waals surface area contributed by atoms with Crippen molar-refractivity contribution in [1.82, 2.24) is 19.9 Å². The Bertz CT molecular complexity index is 955. The van der Waals surface area contributed by atoms with Crippen molar-refractivity contribution < 1.29 is 9.32 Å². The number of urea groups is 1. The summed E-state index contributed by atoms with van der Waals surface area (Å²) in [5.41, 5.74) is 1.58. The Morgan fingerprint density at radius 1 is 1.18 bits per heavy atom. The summed E-state index contributed by atoms with van der Waals surface area (Å²) in [6.07, 6.45) is 0. The van der Waals surface area contributed by atoms with E-state index in [-0.39, 0.29) is 6.03 Å². The van der Waals surface area contributed by atoms with E-state index in [2.05, 4.69) is 20.4 Å². The van der Waals surface area contributed by atoms with Crippen LogP contribution in [-0.2, 0) is 6.54 Å². The molecule has 1 saturated heterocycles. The summed E-state index contributed by atoms with van der Waals surface area (Å²) in [5.74, 6) is 1.19. The zero-order valence-electron chi connectivity index (χ0n) is 14.8. The zero-order chi connectivity index (χ0) is 19.5. The van der Waals surface area contributed by atoms with Gasteiger partial charge in [-0.05, 0) is 29.6 Å². The second-order valence-corrected chi connectivity index (χ2v) is 7.94. The van der Waals surface area contributed by atoms with Gasteiger partial charge in [0.25, 0.3) is 0 Å². The van der Waals surface area contributed by atoms with E-state index in [4.69, 9.17) is 27.7 Å². The van der Waals surface area contributed by atoms with Crippen LogP contribution in [0.25, 0.3) is 11.4 Å². The molecule has 4 rings (SSSR count). The number of halogens is 2. The Hall–Kier alpha value is -2.13. The number of aromatic nitrogens is 2. The largest absolute Gasteiger partial charge is 0.338 e. The summed E-state index contributed by atoms with van der Waals surface area (Å²) >= 11 is 13.5. The van der Waals surface area contributed by atoms with Crippen molar-refractivity contribution in [3.63, 3.8) is 0 Å². The monoisotopic (exact) mass is 437 g/mol. The van der Waals surface area contributed by atoms with E-state index in [0.717, 1.165) is 18.7 Å². The fraction of sp³-hybridized carbons (Fsp3) is 0.278. The number of hydrogen-bond acceptors (Lipinski definition) is 6. The molecule has 0 radical (unpaired) electrons. The molecule has 0 saturated carbocycles. The van der Waals surface area contributed by atoms with E-state index >= 15 is 0 Å². The molecule has 0 spiro atoms. The highest BCUT2D eigenvalue weighted by Gasteiger charge is 2.23. The van der Waals surface area contributed by atoms with Crippen molar-refractivity contribution in [2.45, 2.75) is 6.54 Å². The van der Waals surface area contributed by atoms with Gasteiger partial charge in [-0.1, -0.05) is 28.4 Å². The quantitative estimate of drug-likeness (QED) is 0.652. The first kappa shape index (κ1) is 19.2. The Balaban J connectivity index is 1.28. The van der Waals surface area contributed by atoms with E-state index in [1.165, 1.54) is 0 Å². The van der Waals surface area contributed by atoms with Gasteiger partial charge < -0.3 is 14.7 Å². The van der Waals surface area contributed by atoms with Crippen LogP contribution in [0.2, 0.25) is 10.0 Å². The highest BCUT2D eigenvalue weighted by atomic mass is 35.5. The lowest BCUT2D eigenvalue weighted by Crippen LogP contribution is -2.49. The highest BCUT2D eigenvalue weighted by molar-refractivity contribution is 7.08. The average molecular weight is 438 g/mol. The number of carbonyl (C=O) groups excluding carboxylic acids is 1. The fourth-order valence-electron chi connectivity index (χ4n) is 2.90. The molecular formula is C18H17Cl2N5O2S. The first-order valence-corrected chi connectivity index (χ1v) is 10.4. The fourth-order valence-corrected chi connectivity index (χ4v) is 3.84. The minimum Gasteiger partial charge on any atom is -0.338 e. The molecule has 0 unspecified atom stereocenters. The second-order valence-electron chi connectivity index (χ2n) is 6.35. The number of amides is 2. The topological polar surface area (TPSA) is 74.5 Å². The van der Waals surface area contributed by atoms with Crippen molar-refractivity contribution in [3.05, 3.63) is 51.0 Å². The molecule has 146 valence electrons. The molecule has 28 heavy (non-hydrogen) atoms. The van der Waals surface area contributed by atoms with Gasteiger partial charge in [0.2, 0.25) is 11.7 Å². The lowest BCUT2D eigenvalue weighted by atomic mass is 10.3. The maximum atomic E-state index is 12.4. The summed E-state index contributed by atoms with van der Waals surface area (Å²) in [4.78, 5) is 20.8. The van der Waals surface area contributed by atoms with Crippen molar-refractivity contribution in [2.75, 3.05) is 31.5 Å². The van der Waals surface area contributed by atoms with Crippen molar-refractivity contribution in [3.8, 4) is 11.4 Å². The third kappa shape index (κ3) is 4.47. The van der Waals surface area contributed by atoms with Crippen LogP contribution in [0.3, 0.4) is 0 Å². The summed E-state index contributed by atoms with van der Waals surface area (Å²) in [5, 5.41) is 11.7. The van der Waals surface area contributed by atoms with Gasteiger partial charge in [-0.2, -0.15) is 16.3 Å². The maximum absolute atomic E-state index is 12.4. The first-order chi connectivity index (χ1) is 13.6. The van der Waals surface area contributed by atoms with Crippen LogP contribution in [0.1, 0.15) is 5.89 Å². The summed E-state index contributed by atoms with van der Waals surface area (Å²) in [6.45, 7) is 3.24. The van der Waals surface area contributed by atoms with E-state index in [1.54, 1.807) is 34.4 Å². The third-order valence-corrected chi connectivity index (χ3v) is 5.86. The van der Waals surface area contributed by atoms with Gasteiger partial charge in [-0.25, -0.2) is 4.79 Å². The molecule has 2 aromatic heterocycles. The molecule has 10 heteroatoms. The van der Waals surface area contributed by atoms with Crippen molar-refractivity contribution in [1.29, 1.82) is 0 Å². The van der Waals surface area contributed by atoms with E-state index < -0.39 is 0 Å². The van der Waals surface area contributed by atoms with Crippen LogP contribution in [0, 0.1) is 0 Å². The molecule has 3 aromatic rings. The van der Waals surface area contributed by atoms with Crippen LogP contribution in [0.15, 0.2) is 39.5 Å². The highest BCUT2D eigenvalue weighted by Crippen LogP contribution is 2.25. The predicted molar refractivity (Wildman–Crippen MR) is 110 cm³/mol. The molecule has 7 nitrogen and oxygen atoms in total. The van der Waals surface area contributed by atoms with Gasteiger partial charge in [0.05, 0.1) is 16.6 Å². The lowest BCUT2D eigenvalue weighted by molar-refractivity contribution is 0.133. The predicted octanol–water partition coefficient (Wildman–Crippen LogP) is 4.45. The number of hydrogen-bond donors (Lipinski definition) is 1. The molecular weight excluding hydrogens is 421 g/mol. The van der Waals surface area contributed by atoms with Crippen molar-refractivity contribution >= 4 is 46.3 Å². The van der Waals surface area contributed by atoms with Crippen molar-refractivity contribution in [2.24, 2.45) is 0 Å². The number of nitrogens with one attached hydrogen (secondary N) is 1. The molecule has 0 bridgehead atoms. The van der Waals surface area contributed by atoms with Crippen LogP contribution >= 0.6 is 34.5 Å². The molecule has 1 N–H and O–H groups in total. The van der Waals surface area contributed by atoms with Crippen LogP contribution in [-0.4, -0.2) is 52.2 Å². The third-order valence-electron chi connectivity index (χ3n) is 4.44. The molecule has 1 aliphatic heterocycles. The molecule has 0 aliphatic carbocycles. The molecule has 1 aromatic carbocycles. The Morgan fingerprint density at radius 3 is 2.71 bits per heavy atom. The molecule has 1 fully saturated rings. The van der Waals surface area contributed by atoms with Crippen LogP contribution in [0.4, 0.5) is 10.5 Å². The number of nitrogens with zero attached hydrogens (tertiary/aromatic N) is 4. The number of anilines is 1. The number of carbonyl (C=O) groups is 1. The Morgan fingerprint density at radius 2 is 2.00 bits per heavy atom. The summed E-state index contributed by atoms with van der Waals surface area (Å²) < 4.78 is 5.35. The maximum Gasteiger partial charge on any atom is 0.321 e. The standard InChI is InChI=1S/C18H17Cl2N5O2S/c19-14-2-1-13(9-15(14)20)21-18(26)25-6-4-24(5-7-25)10-16-22-17(23-27-16)12-3-8-28-11-12/h1-3,8-9,11H,4-7,10H2,(H,21,26). The average Bonchev–Trinajstić information content (AvgIpc) is 3.37. The van der Waals surface area contributed by atoms with Gasteiger partial charge in [0.15, 0.2) is 0 Å². The molecule has 1 aliphatic rings. The molecule has 2 amide bonds. The minimum atomic E-state index is -0.157. The SMILES string of the molecule is O=C(Nc1ccc(Cl)c(Cl)c1)N1CCN(Cc2nc(-c3ccsc3)no2)CC1. The van der Waals surface area contributed by atoms with E-state index in [0.29, 0.717) is 47.1 Å². The summed E-state index contributed by atoms with van der Waals surface area (Å²) in [7, 11) is 0. The van der Waals surface area contributed by atoms with Gasteiger partial charge >= 0.3 is 6.03 Å². The first-order valence-electron chi connectivity index (χ1n) is 8.67. The Kier molecular flexibility index (Phi) is 5.82. The van der Waals surface area contributed by atoms with Crippen LogP contribution in [0.5, 0.6) is 0 Å². The lowest BCUT2D eigenvalue weighted by Gasteiger charge is -2.33. The van der Waals surface area contributed by atoms with E-state index in [9.17, 15) is 4.79 Å². The second kappa shape index (κ2) is 8.48. The number of rotatable bonds is 4. The smallest absolute Gasteiger partial charge is 0.321 e.